The van der Waals surface area contributed by atoms with E-state index in [2.05, 4.69) is 0 Å². The first-order valence-electron chi connectivity index (χ1n) is 3.30. The third-order valence-electron chi connectivity index (χ3n) is 1.38. The average Bonchev–Trinajstić information content (AvgIpc) is 2.34. The first kappa shape index (κ1) is 9.00. The molecule has 0 amide bonds. The van der Waals surface area contributed by atoms with Crippen molar-refractivity contribution in [3.8, 4) is 0 Å². The maximum atomic E-state index is 9.44. The highest BCUT2D eigenvalue weighted by Gasteiger charge is 2.13. The predicted molar refractivity (Wildman–Crippen MR) is 47.9 cm³/mol. The molecular weight excluding hydrogens is 182 g/mol. The van der Waals surface area contributed by atoms with Crippen LogP contribution in [-0.2, 0) is 0 Å². The molecule has 0 aliphatic carbocycles. The summed E-state index contributed by atoms with van der Waals surface area (Å²) in [6.45, 7) is 1.76. The maximum Gasteiger partial charge on any atom is 0.103 e. The van der Waals surface area contributed by atoms with Gasteiger partial charge in [-0.2, -0.15) is 0 Å². The Bertz CT molecular complexity index is 236. The van der Waals surface area contributed by atoms with Crippen molar-refractivity contribution in [3.63, 3.8) is 0 Å². The van der Waals surface area contributed by atoms with Crippen LogP contribution >= 0.6 is 22.9 Å². The monoisotopic (exact) mass is 191 g/mol. The van der Waals surface area contributed by atoms with E-state index < -0.39 is 6.10 Å². The van der Waals surface area contributed by atoms with Crippen LogP contribution in [0.2, 0.25) is 4.34 Å². The number of hydrogen-bond donors (Lipinski definition) is 2. The molecule has 1 aromatic heterocycles. The van der Waals surface area contributed by atoms with Crippen molar-refractivity contribution in [1.82, 2.24) is 0 Å². The molecular formula is C7H10ClNOS. The van der Waals surface area contributed by atoms with Gasteiger partial charge in [0.05, 0.1) is 4.34 Å². The molecule has 4 heteroatoms. The Morgan fingerprint density at radius 3 is 2.64 bits per heavy atom. The lowest BCUT2D eigenvalue weighted by molar-refractivity contribution is 0.157. The molecule has 0 radical (unpaired) electrons. The standard InChI is InChI=1S/C7H10ClNOS/c1-4(9)7(10)5-2-3-6(8)11-5/h2-4,7,10H,9H2,1H3. The van der Waals surface area contributed by atoms with Gasteiger partial charge < -0.3 is 10.8 Å². The number of nitrogens with two attached hydrogens (primary N) is 1. The smallest absolute Gasteiger partial charge is 0.103 e. The summed E-state index contributed by atoms with van der Waals surface area (Å²) >= 11 is 7.04. The van der Waals surface area contributed by atoms with Gasteiger partial charge in [-0.3, -0.25) is 0 Å². The minimum absolute atomic E-state index is 0.246. The van der Waals surface area contributed by atoms with E-state index in [0.717, 1.165) is 4.88 Å². The Labute approximate surface area is 74.6 Å². The molecule has 11 heavy (non-hydrogen) atoms. The van der Waals surface area contributed by atoms with Gasteiger partial charge in [0.15, 0.2) is 0 Å². The van der Waals surface area contributed by atoms with Crippen molar-refractivity contribution >= 4 is 22.9 Å². The molecule has 0 saturated carbocycles. The van der Waals surface area contributed by atoms with Gasteiger partial charge in [-0.15, -0.1) is 11.3 Å². The highest BCUT2D eigenvalue weighted by Crippen LogP contribution is 2.27. The Morgan fingerprint density at radius 1 is 1.64 bits per heavy atom. The Hall–Kier alpha value is -0.0900. The van der Waals surface area contributed by atoms with Crippen molar-refractivity contribution in [3.05, 3.63) is 21.3 Å². The summed E-state index contributed by atoms with van der Waals surface area (Å²) in [6.07, 6.45) is -0.590. The van der Waals surface area contributed by atoms with Gasteiger partial charge in [0, 0.05) is 10.9 Å². The van der Waals surface area contributed by atoms with Crippen molar-refractivity contribution in [2.24, 2.45) is 5.73 Å². The lowest BCUT2D eigenvalue weighted by atomic mass is 10.2. The summed E-state index contributed by atoms with van der Waals surface area (Å²) in [5.74, 6) is 0. The van der Waals surface area contributed by atoms with Crippen LogP contribution in [0.3, 0.4) is 0 Å². The normalized spacial score (nSPS) is 16.4. The zero-order chi connectivity index (χ0) is 8.43. The fourth-order valence-electron chi connectivity index (χ4n) is 0.746. The van der Waals surface area contributed by atoms with Crippen LogP contribution in [-0.4, -0.2) is 11.1 Å². The van der Waals surface area contributed by atoms with Gasteiger partial charge in [-0.25, -0.2) is 0 Å². The molecule has 2 atom stereocenters. The van der Waals surface area contributed by atoms with E-state index in [0.29, 0.717) is 4.34 Å². The van der Waals surface area contributed by atoms with Crippen LogP contribution in [0.15, 0.2) is 12.1 Å². The van der Waals surface area contributed by atoms with E-state index >= 15 is 0 Å². The molecule has 1 heterocycles. The van der Waals surface area contributed by atoms with E-state index in [-0.39, 0.29) is 6.04 Å². The predicted octanol–water partition coefficient (Wildman–Crippen LogP) is 1.78. The summed E-state index contributed by atoms with van der Waals surface area (Å²) in [4.78, 5) is 0.824. The van der Waals surface area contributed by atoms with Crippen LogP contribution in [0.5, 0.6) is 0 Å². The first-order valence-corrected chi connectivity index (χ1v) is 4.49. The SMILES string of the molecule is CC(N)C(O)c1ccc(Cl)s1. The summed E-state index contributed by atoms with van der Waals surface area (Å²) in [5, 5.41) is 9.44. The molecule has 0 aliphatic rings. The molecule has 3 N–H and O–H groups in total. The zero-order valence-electron chi connectivity index (χ0n) is 6.12. The van der Waals surface area contributed by atoms with Gasteiger partial charge in [0.25, 0.3) is 0 Å². The van der Waals surface area contributed by atoms with E-state index in [9.17, 15) is 5.11 Å². The summed E-state index contributed by atoms with van der Waals surface area (Å²) in [5.41, 5.74) is 5.49. The van der Waals surface area contributed by atoms with Gasteiger partial charge in [-0.05, 0) is 19.1 Å². The third kappa shape index (κ3) is 2.17. The van der Waals surface area contributed by atoms with E-state index in [1.807, 2.05) is 0 Å². The van der Waals surface area contributed by atoms with E-state index in [4.69, 9.17) is 17.3 Å². The average molecular weight is 192 g/mol. The molecule has 2 unspecified atom stereocenters. The Morgan fingerprint density at radius 2 is 2.27 bits per heavy atom. The van der Waals surface area contributed by atoms with E-state index in [1.54, 1.807) is 19.1 Å². The largest absolute Gasteiger partial charge is 0.386 e. The highest BCUT2D eigenvalue weighted by atomic mass is 35.5. The number of halogens is 1. The molecule has 0 saturated heterocycles. The lowest BCUT2D eigenvalue weighted by Gasteiger charge is -2.11. The number of rotatable bonds is 2. The second-order valence-corrected chi connectivity index (χ2v) is 4.19. The van der Waals surface area contributed by atoms with Gasteiger partial charge in [0.1, 0.15) is 6.10 Å². The van der Waals surface area contributed by atoms with Crippen LogP contribution in [0.25, 0.3) is 0 Å². The molecule has 2 nitrogen and oxygen atoms in total. The van der Waals surface area contributed by atoms with Gasteiger partial charge in [-0.1, -0.05) is 11.6 Å². The number of aliphatic hydroxyl groups is 1. The quantitative estimate of drug-likeness (QED) is 0.749. The van der Waals surface area contributed by atoms with Crippen molar-refractivity contribution in [1.29, 1.82) is 0 Å². The highest BCUT2D eigenvalue weighted by molar-refractivity contribution is 7.16. The second-order valence-electron chi connectivity index (χ2n) is 2.45. The van der Waals surface area contributed by atoms with Crippen molar-refractivity contribution in [2.45, 2.75) is 19.1 Å². The third-order valence-corrected chi connectivity index (χ3v) is 2.69. The fourth-order valence-corrected chi connectivity index (χ4v) is 1.91. The van der Waals surface area contributed by atoms with Crippen molar-refractivity contribution < 1.29 is 5.11 Å². The minimum atomic E-state index is -0.590. The van der Waals surface area contributed by atoms with Crippen LogP contribution in [0.4, 0.5) is 0 Å². The van der Waals surface area contributed by atoms with Gasteiger partial charge in [0.2, 0.25) is 0 Å². The summed E-state index contributed by atoms with van der Waals surface area (Å²) in [7, 11) is 0. The fraction of sp³-hybridized carbons (Fsp3) is 0.429. The molecule has 0 spiro atoms. The second kappa shape index (κ2) is 3.54. The number of aliphatic hydroxyl groups excluding tert-OH is 1. The maximum absolute atomic E-state index is 9.44. The number of hydrogen-bond acceptors (Lipinski definition) is 3. The van der Waals surface area contributed by atoms with Gasteiger partial charge >= 0.3 is 0 Å². The molecule has 0 aliphatic heterocycles. The van der Waals surface area contributed by atoms with E-state index in [1.165, 1.54) is 11.3 Å². The minimum Gasteiger partial charge on any atom is -0.386 e. The van der Waals surface area contributed by atoms with Crippen LogP contribution < -0.4 is 5.73 Å². The lowest BCUT2D eigenvalue weighted by Crippen LogP contribution is -2.23. The zero-order valence-corrected chi connectivity index (χ0v) is 7.69. The molecule has 0 fully saturated rings. The Balaban J connectivity index is 2.76. The van der Waals surface area contributed by atoms with Crippen molar-refractivity contribution in [2.75, 3.05) is 0 Å². The van der Waals surface area contributed by atoms with Crippen LogP contribution in [0, 0.1) is 0 Å². The topological polar surface area (TPSA) is 46.2 Å². The summed E-state index contributed by atoms with van der Waals surface area (Å²) < 4.78 is 0.680. The molecule has 62 valence electrons. The molecule has 1 rings (SSSR count). The molecule has 1 aromatic rings. The van der Waals surface area contributed by atoms with Crippen LogP contribution in [0.1, 0.15) is 17.9 Å². The summed E-state index contributed by atoms with van der Waals surface area (Å²) in [6, 6.07) is 3.30. The molecule has 0 bridgehead atoms. The first-order chi connectivity index (χ1) is 5.11. The Kier molecular flexibility index (Phi) is 2.90. The number of thiophene rings is 1. The molecule has 0 aromatic carbocycles.